The van der Waals surface area contributed by atoms with E-state index in [0.717, 1.165) is 0 Å². The maximum atomic E-state index is 11.0. The second-order valence-electron chi connectivity index (χ2n) is 3.08. The van der Waals surface area contributed by atoms with Crippen molar-refractivity contribution >= 4 is 5.97 Å². The Bertz CT molecular complexity index is 315. The van der Waals surface area contributed by atoms with Gasteiger partial charge in [0.25, 0.3) is 0 Å². The van der Waals surface area contributed by atoms with Crippen molar-refractivity contribution < 1.29 is 19.4 Å². The van der Waals surface area contributed by atoms with Crippen molar-refractivity contribution in [1.82, 2.24) is 0 Å². The Hall–Kier alpha value is -1.59. The minimum atomic E-state index is -1.25. The van der Waals surface area contributed by atoms with Gasteiger partial charge in [-0.05, 0) is 12.1 Å². The number of aliphatic hydroxyl groups excluding tert-OH is 1. The van der Waals surface area contributed by atoms with E-state index in [2.05, 4.69) is 0 Å². The Balaban J connectivity index is 2.15. The van der Waals surface area contributed by atoms with Gasteiger partial charge in [-0.2, -0.15) is 0 Å². The van der Waals surface area contributed by atoms with Crippen molar-refractivity contribution in [2.24, 2.45) is 5.73 Å². The molecule has 0 radical (unpaired) electrons. The van der Waals surface area contributed by atoms with Gasteiger partial charge in [-0.25, -0.2) is 4.79 Å². The fourth-order valence-electron chi connectivity index (χ4n) is 1.01. The topological polar surface area (TPSA) is 81.8 Å². The number of carbonyl (C=O) groups excluding carboxylic acids is 1. The van der Waals surface area contributed by atoms with Gasteiger partial charge in [-0.1, -0.05) is 18.2 Å². The van der Waals surface area contributed by atoms with Gasteiger partial charge in [0.1, 0.15) is 19.0 Å². The lowest BCUT2D eigenvalue weighted by Crippen LogP contribution is -2.31. The zero-order valence-corrected chi connectivity index (χ0v) is 8.83. The third-order valence-corrected chi connectivity index (χ3v) is 1.83. The smallest absolute Gasteiger partial charge is 0.336 e. The lowest BCUT2D eigenvalue weighted by molar-refractivity contribution is -0.153. The normalized spacial score (nSPS) is 11.9. The molecule has 0 spiro atoms. The van der Waals surface area contributed by atoms with Crippen molar-refractivity contribution in [3.8, 4) is 5.75 Å². The van der Waals surface area contributed by atoms with E-state index in [-0.39, 0.29) is 19.8 Å². The molecule has 0 heterocycles. The Morgan fingerprint density at radius 3 is 2.62 bits per heavy atom. The minimum Gasteiger partial charge on any atom is -0.490 e. The molecule has 1 aromatic carbocycles. The summed E-state index contributed by atoms with van der Waals surface area (Å²) in [4.78, 5) is 11.0. The van der Waals surface area contributed by atoms with E-state index in [0.29, 0.717) is 5.75 Å². The molecule has 0 saturated carbocycles. The summed E-state index contributed by atoms with van der Waals surface area (Å²) >= 11 is 0. The SMILES string of the molecule is NCC(O)C(=O)OCCOc1ccccc1. The molecule has 0 fully saturated rings. The first-order valence-electron chi connectivity index (χ1n) is 4.96. The van der Waals surface area contributed by atoms with Crippen molar-refractivity contribution in [2.45, 2.75) is 6.10 Å². The predicted molar refractivity (Wildman–Crippen MR) is 58.0 cm³/mol. The van der Waals surface area contributed by atoms with Gasteiger partial charge in [0.05, 0.1) is 0 Å². The van der Waals surface area contributed by atoms with Gasteiger partial charge < -0.3 is 20.3 Å². The number of ether oxygens (including phenoxy) is 2. The maximum absolute atomic E-state index is 11.0. The molecule has 1 atom stereocenters. The zero-order chi connectivity index (χ0) is 11.8. The fourth-order valence-corrected chi connectivity index (χ4v) is 1.01. The van der Waals surface area contributed by atoms with E-state index < -0.39 is 12.1 Å². The van der Waals surface area contributed by atoms with Gasteiger partial charge in [0, 0.05) is 6.54 Å². The molecule has 3 N–H and O–H groups in total. The third kappa shape index (κ3) is 4.29. The van der Waals surface area contributed by atoms with Crippen LogP contribution in [0.4, 0.5) is 0 Å². The highest BCUT2D eigenvalue weighted by Crippen LogP contribution is 2.07. The molecule has 0 aliphatic rings. The number of hydrogen-bond acceptors (Lipinski definition) is 5. The van der Waals surface area contributed by atoms with E-state index in [1.807, 2.05) is 18.2 Å². The Morgan fingerprint density at radius 1 is 1.31 bits per heavy atom. The standard InChI is InChI=1S/C11H15NO4/c12-8-10(13)11(14)16-7-6-15-9-4-2-1-3-5-9/h1-5,10,13H,6-8,12H2. The third-order valence-electron chi connectivity index (χ3n) is 1.83. The molecule has 0 amide bonds. The number of hydrogen-bond donors (Lipinski definition) is 2. The van der Waals surface area contributed by atoms with Crippen LogP contribution in [0.1, 0.15) is 0 Å². The minimum absolute atomic E-state index is 0.0881. The first kappa shape index (κ1) is 12.5. The van der Waals surface area contributed by atoms with Crippen LogP contribution in [0.5, 0.6) is 5.75 Å². The van der Waals surface area contributed by atoms with Crippen LogP contribution < -0.4 is 10.5 Å². The fraction of sp³-hybridized carbons (Fsp3) is 0.364. The summed E-state index contributed by atoms with van der Waals surface area (Å²) in [7, 11) is 0. The largest absolute Gasteiger partial charge is 0.490 e. The molecule has 5 heteroatoms. The maximum Gasteiger partial charge on any atom is 0.336 e. The average molecular weight is 225 g/mol. The monoisotopic (exact) mass is 225 g/mol. The summed E-state index contributed by atoms with van der Waals surface area (Å²) in [6.45, 7) is 0.191. The number of para-hydroxylation sites is 1. The summed E-state index contributed by atoms with van der Waals surface area (Å²) in [5.74, 6) is -0.0166. The van der Waals surface area contributed by atoms with E-state index >= 15 is 0 Å². The van der Waals surface area contributed by atoms with Crippen molar-refractivity contribution in [3.63, 3.8) is 0 Å². The molecular formula is C11H15NO4. The lowest BCUT2D eigenvalue weighted by Gasteiger charge is -2.09. The molecule has 16 heavy (non-hydrogen) atoms. The first-order chi connectivity index (χ1) is 7.74. The Labute approximate surface area is 93.8 Å². The summed E-state index contributed by atoms with van der Waals surface area (Å²) < 4.78 is 10.0. The molecule has 5 nitrogen and oxygen atoms in total. The molecule has 1 rings (SSSR count). The highest BCUT2D eigenvalue weighted by atomic mass is 16.6. The Morgan fingerprint density at radius 2 is 2.00 bits per heavy atom. The average Bonchev–Trinajstić information content (AvgIpc) is 2.34. The van der Waals surface area contributed by atoms with Crippen LogP contribution in [-0.4, -0.2) is 36.9 Å². The van der Waals surface area contributed by atoms with Crippen molar-refractivity contribution in [3.05, 3.63) is 30.3 Å². The van der Waals surface area contributed by atoms with Gasteiger partial charge in [0.2, 0.25) is 0 Å². The van der Waals surface area contributed by atoms with Crippen LogP contribution in [0.25, 0.3) is 0 Å². The number of aliphatic hydroxyl groups is 1. The predicted octanol–water partition coefficient (Wildman–Crippen LogP) is -0.0718. The first-order valence-corrected chi connectivity index (χ1v) is 4.96. The van der Waals surface area contributed by atoms with Gasteiger partial charge in [0.15, 0.2) is 6.10 Å². The molecule has 88 valence electrons. The number of nitrogens with two attached hydrogens (primary N) is 1. The molecule has 1 unspecified atom stereocenters. The van der Waals surface area contributed by atoms with E-state index in [9.17, 15) is 4.79 Å². The molecule has 0 bridgehead atoms. The number of carbonyl (C=O) groups is 1. The van der Waals surface area contributed by atoms with Crippen LogP contribution in [-0.2, 0) is 9.53 Å². The summed E-state index contributed by atoms with van der Waals surface area (Å²) in [6.07, 6.45) is -1.25. The van der Waals surface area contributed by atoms with Crippen LogP contribution in [0.15, 0.2) is 30.3 Å². The van der Waals surface area contributed by atoms with E-state index in [4.69, 9.17) is 20.3 Å². The molecule has 0 aliphatic heterocycles. The molecule has 1 aromatic rings. The molecule has 0 aromatic heterocycles. The quantitative estimate of drug-likeness (QED) is 0.523. The highest BCUT2D eigenvalue weighted by Gasteiger charge is 2.13. The lowest BCUT2D eigenvalue weighted by atomic mass is 10.3. The Kier molecular flexibility index (Phi) is 5.31. The van der Waals surface area contributed by atoms with Crippen LogP contribution >= 0.6 is 0 Å². The summed E-state index contributed by atoms with van der Waals surface area (Å²) in [5.41, 5.74) is 5.09. The van der Waals surface area contributed by atoms with Gasteiger partial charge in [-0.3, -0.25) is 0 Å². The van der Waals surface area contributed by atoms with E-state index in [1.165, 1.54) is 0 Å². The second kappa shape index (κ2) is 6.81. The van der Waals surface area contributed by atoms with Crippen LogP contribution in [0.2, 0.25) is 0 Å². The molecular weight excluding hydrogens is 210 g/mol. The number of benzene rings is 1. The summed E-state index contributed by atoms with van der Waals surface area (Å²) in [6, 6.07) is 9.18. The van der Waals surface area contributed by atoms with Gasteiger partial charge >= 0.3 is 5.97 Å². The molecule has 0 aliphatic carbocycles. The van der Waals surface area contributed by atoms with Gasteiger partial charge in [-0.15, -0.1) is 0 Å². The van der Waals surface area contributed by atoms with Crippen LogP contribution in [0, 0.1) is 0 Å². The summed E-state index contributed by atoms with van der Waals surface area (Å²) in [5, 5.41) is 9.00. The second-order valence-corrected chi connectivity index (χ2v) is 3.08. The van der Waals surface area contributed by atoms with Crippen molar-refractivity contribution in [1.29, 1.82) is 0 Å². The number of rotatable bonds is 6. The van der Waals surface area contributed by atoms with Crippen molar-refractivity contribution in [2.75, 3.05) is 19.8 Å². The van der Waals surface area contributed by atoms with Crippen LogP contribution in [0.3, 0.4) is 0 Å². The zero-order valence-electron chi connectivity index (χ0n) is 8.83. The highest BCUT2D eigenvalue weighted by molar-refractivity contribution is 5.74. The number of esters is 1. The van der Waals surface area contributed by atoms with E-state index in [1.54, 1.807) is 12.1 Å². The molecule has 0 saturated heterocycles.